The number of nitrogens with one attached hydrogen (secondary N) is 1. The van der Waals surface area contributed by atoms with E-state index in [4.69, 9.17) is 0 Å². The Bertz CT molecular complexity index is 572. The monoisotopic (exact) mass is 286 g/mol. The summed E-state index contributed by atoms with van der Waals surface area (Å²) < 4.78 is 0. The molecule has 2 atom stereocenters. The summed E-state index contributed by atoms with van der Waals surface area (Å²) in [7, 11) is 0. The van der Waals surface area contributed by atoms with E-state index in [0.29, 0.717) is 12.5 Å². The van der Waals surface area contributed by atoms with Crippen molar-refractivity contribution in [1.82, 2.24) is 10.2 Å². The van der Waals surface area contributed by atoms with Crippen LogP contribution >= 0.6 is 0 Å². The number of piperazine rings is 1. The van der Waals surface area contributed by atoms with Crippen LogP contribution in [0.5, 0.6) is 0 Å². The topological polar surface area (TPSA) is 49.4 Å². The van der Waals surface area contributed by atoms with Gasteiger partial charge in [0.2, 0.25) is 11.8 Å². The van der Waals surface area contributed by atoms with Crippen LogP contribution < -0.4 is 5.32 Å². The third-order valence-corrected chi connectivity index (χ3v) is 4.32. The van der Waals surface area contributed by atoms with Crippen LogP contribution in [-0.2, 0) is 16.1 Å². The molecule has 3 rings (SSSR count). The highest BCUT2D eigenvalue weighted by atomic mass is 16.2. The van der Waals surface area contributed by atoms with Gasteiger partial charge < -0.3 is 10.2 Å². The summed E-state index contributed by atoms with van der Waals surface area (Å²) >= 11 is 0. The Kier molecular flexibility index (Phi) is 3.47. The molecule has 1 heterocycles. The van der Waals surface area contributed by atoms with Crippen LogP contribution in [0.25, 0.3) is 0 Å². The number of benzene rings is 1. The molecular weight excluding hydrogens is 264 g/mol. The summed E-state index contributed by atoms with van der Waals surface area (Å²) in [6.07, 6.45) is 2.09. The van der Waals surface area contributed by atoms with Gasteiger partial charge in [0.05, 0.1) is 0 Å². The standard InChI is InChI=1S/C17H22N2O2/c1-10-6-11(2)8-13(7-10)9-19-15(14-4-5-14)16(20)18-12(3)17(19)21/h6-8,12,14-15H,4-5,9H2,1-3H3,(H,18,20). The van der Waals surface area contributed by atoms with Crippen LogP contribution in [0.15, 0.2) is 18.2 Å². The molecule has 4 nitrogen and oxygen atoms in total. The first-order chi connectivity index (χ1) is 9.95. The van der Waals surface area contributed by atoms with Crippen LogP contribution in [0.3, 0.4) is 0 Å². The fourth-order valence-electron chi connectivity index (χ4n) is 3.30. The zero-order chi connectivity index (χ0) is 15.1. The second-order valence-electron chi connectivity index (χ2n) is 6.47. The third kappa shape index (κ3) is 2.80. The number of nitrogens with zero attached hydrogens (tertiary/aromatic N) is 1. The largest absolute Gasteiger partial charge is 0.343 e. The lowest BCUT2D eigenvalue weighted by Crippen LogP contribution is -2.62. The molecule has 4 heteroatoms. The van der Waals surface area contributed by atoms with Crippen LogP contribution in [0.2, 0.25) is 0 Å². The van der Waals surface area contributed by atoms with E-state index in [-0.39, 0.29) is 17.9 Å². The molecule has 1 aliphatic carbocycles. The average Bonchev–Trinajstić information content (AvgIpc) is 3.19. The first-order valence-electron chi connectivity index (χ1n) is 7.64. The number of amides is 2. The Labute approximate surface area is 125 Å². The van der Waals surface area contributed by atoms with E-state index in [1.54, 1.807) is 11.8 Å². The van der Waals surface area contributed by atoms with E-state index in [2.05, 4.69) is 37.4 Å². The van der Waals surface area contributed by atoms with Crippen molar-refractivity contribution >= 4 is 11.8 Å². The van der Waals surface area contributed by atoms with Gasteiger partial charge in [0.15, 0.2) is 0 Å². The summed E-state index contributed by atoms with van der Waals surface area (Å²) in [5.74, 6) is 0.381. The lowest BCUT2D eigenvalue weighted by molar-refractivity contribution is -0.150. The molecule has 1 N–H and O–H groups in total. The number of carbonyl (C=O) groups is 2. The van der Waals surface area contributed by atoms with Gasteiger partial charge in [-0.2, -0.15) is 0 Å². The maximum Gasteiger partial charge on any atom is 0.245 e. The molecule has 2 amide bonds. The van der Waals surface area contributed by atoms with Crippen molar-refractivity contribution in [3.8, 4) is 0 Å². The first kappa shape index (κ1) is 14.1. The molecular formula is C17H22N2O2. The van der Waals surface area contributed by atoms with E-state index in [0.717, 1.165) is 18.4 Å². The molecule has 0 spiro atoms. The highest BCUT2D eigenvalue weighted by Crippen LogP contribution is 2.37. The van der Waals surface area contributed by atoms with Gasteiger partial charge >= 0.3 is 0 Å². The SMILES string of the molecule is Cc1cc(C)cc(CN2C(=O)C(C)NC(=O)C2C2CC2)c1. The minimum atomic E-state index is -0.418. The number of aryl methyl sites for hydroxylation is 2. The predicted octanol–water partition coefficient (Wildman–Crippen LogP) is 1.93. The maximum absolute atomic E-state index is 12.5. The van der Waals surface area contributed by atoms with Gasteiger partial charge in [-0.1, -0.05) is 29.3 Å². The van der Waals surface area contributed by atoms with E-state index in [1.807, 2.05) is 0 Å². The van der Waals surface area contributed by atoms with Crippen molar-refractivity contribution in [3.05, 3.63) is 34.9 Å². The summed E-state index contributed by atoms with van der Waals surface area (Å²) in [5.41, 5.74) is 3.48. The Morgan fingerprint density at radius 2 is 1.76 bits per heavy atom. The van der Waals surface area contributed by atoms with Crippen molar-refractivity contribution in [2.75, 3.05) is 0 Å². The molecule has 0 radical (unpaired) electrons. The molecule has 1 aromatic rings. The van der Waals surface area contributed by atoms with Crippen molar-refractivity contribution < 1.29 is 9.59 Å². The van der Waals surface area contributed by atoms with E-state index < -0.39 is 6.04 Å². The molecule has 0 aromatic heterocycles. The van der Waals surface area contributed by atoms with Gasteiger partial charge in [-0.05, 0) is 45.1 Å². The normalized spacial score (nSPS) is 26.0. The molecule has 0 bridgehead atoms. The van der Waals surface area contributed by atoms with Crippen LogP contribution in [0.4, 0.5) is 0 Å². The van der Waals surface area contributed by atoms with Crippen molar-refractivity contribution in [2.45, 2.75) is 52.2 Å². The quantitative estimate of drug-likeness (QED) is 0.923. The number of hydrogen-bond donors (Lipinski definition) is 1. The highest BCUT2D eigenvalue weighted by Gasteiger charge is 2.46. The van der Waals surface area contributed by atoms with Crippen LogP contribution in [0.1, 0.15) is 36.5 Å². The fourth-order valence-corrected chi connectivity index (χ4v) is 3.30. The van der Waals surface area contributed by atoms with Crippen LogP contribution in [0, 0.1) is 19.8 Å². The van der Waals surface area contributed by atoms with Gasteiger partial charge in [-0.3, -0.25) is 9.59 Å². The molecule has 112 valence electrons. The van der Waals surface area contributed by atoms with Gasteiger partial charge in [-0.25, -0.2) is 0 Å². The smallest absolute Gasteiger partial charge is 0.245 e. The minimum Gasteiger partial charge on any atom is -0.343 e. The van der Waals surface area contributed by atoms with Crippen molar-refractivity contribution in [2.24, 2.45) is 5.92 Å². The third-order valence-electron chi connectivity index (χ3n) is 4.32. The van der Waals surface area contributed by atoms with Gasteiger partial charge in [0, 0.05) is 6.54 Å². The first-order valence-corrected chi connectivity index (χ1v) is 7.64. The molecule has 2 fully saturated rings. The van der Waals surface area contributed by atoms with Gasteiger partial charge in [-0.15, -0.1) is 0 Å². The van der Waals surface area contributed by atoms with E-state index in [1.165, 1.54) is 11.1 Å². The summed E-state index contributed by atoms with van der Waals surface area (Å²) in [5, 5.41) is 2.81. The van der Waals surface area contributed by atoms with E-state index >= 15 is 0 Å². The van der Waals surface area contributed by atoms with Crippen molar-refractivity contribution in [3.63, 3.8) is 0 Å². The number of hydrogen-bond acceptors (Lipinski definition) is 2. The number of carbonyl (C=O) groups excluding carboxylic acids is 2. The minimum absolute atomic E-state index is 0.00831. The second-order valence-corrected chi connectivity index (χ2v) is 6.47. The average molecular weight is 286 g/mol. The fraction of sp³-hybridized carbons (Fsp3) is 0.529. The number of rotatable bonds is 3. The zero-order valence-electron chi connectivity index (χ0n) is 12.8. The lowest BCUT2D eigenvalue weighted by atomic mass is 10.0. The summed E-state index contributed by atoms with van der Waals surface area (Å²) in [6.45, 7) is 6.41. The van der Waals surface area contributed by atoms with Crippen LogP contribution in [-0.4, -0.2) is 28.8 Å². The zero-order valence-corrected chi connectivity index (χ0v) is 12.8. The molecule has 1 saturated heterocycles. The Balaban J connectivity index is 1.88. The molecule has 21 heavy (non-hydrogen) atoms. The Morgan fingerprint density at radius 3 is 2.33 bits per heavy atom. The molecule has 2 aliphatic rings. The van der Waals surface area contributed by atoms with Gasteiger partial charge in [0.1, 0.15) is 12.1 Å². The lowest BCUT2D eigenvalue weighted by Gasteiger charge is -2.38. The molecule has 2 unspecified atom stereocenters. The molecule has 1 aliphatic heterocycles. The predicted molar refractivity (Wildman–Crippen MR) is 80.6 cm³/mol. The highest BCUT2D eigenvalue weighted by molar-refractivity contribution is 5.97. The summed E-state index contributed by atoms with van der Waals surface area (Å²) in [4.78, 5) is 26.5. The summed E-state index contributed by atoms with van der Waals surface area (Å²) in [6, 6.07) is 5.62. The Hall–Kier alpha value is -1.84. The Morgan fingerprint density at radius 1 is 1.14 bits per heavy atom. The maximum atomic E-state index is 12.5. The molecule has 1 aromatic carbocycles. The second kappa shape index (κ2) is 5.17. The molecule has 1 saturated carbocycles. The van der Waals surface area contributed by atoms with Crippen molar-refractivity contribution in [1.29, 1.82) is 0 Å². The van der Waals surface area contributed by atoms with Gasteiger partial charge in [0.25, 0.3) is 0 Å². The van der Waals surface area contributed by atoms with E-state index in [9.17, 15) is 9.59 Å².